The quantitative estimate of drug-likeness (QED) is 0.882. The molecule has 0 saturated heterocycles. The van der Waals surface area contributed by atoms with Gasteiger partial charge in [0.1, 0.15) is 5.03 Å². The molecule has 0 bridgehead atoms. The molecule has 0 aliphatic rings. The van der Waals surface area contributed by atoms with E-state index < -0.39 is 0 Å². The van der Waals surface area contributed by atoms with E-state index in [0.29, 0.717) is 0 Å². The van der Waals surface area contributed by atoms with Crippen LogP contribution < -0.4 is 10.2 Å². The number of nitrogens with zero attached hydrogens (tertiary/aromatic N) is 4. The molecule has 102 valence electrons. The molecule has 0 amide bonds. The third kappa shape index (κ3) is 3.89. The Morgan fingerprint density at radius 2 is 2.21 bits per heavy atom. The molecule has 0 aliphatic carbocycles. The zero-order valence-corrected chi connectivity index (χ0v) is 12.9. The normalized spacial score (nSPS) is 10.7. The molecule has 2 rings (SSSR count). The molecular weight excluding hydrogens is 278 g/mol. The molecule has 0 unspecified atom stereocenters. The van der Waals surface area contributed by atoms with E-state index in [0.717, 1.165) is 27.6 Å². The lowest BCUT2D eigenvalue weighted by Crippen LogP contribution is -2.12. The summed E-state index contributed by atoms with van der Waals surface area (Å²) in [5.74, 6) is 0. The maximum absolute atomic E-state index is 4.43. The van der Waals surface area contributed by atoms with Crippen molar-refractivity contribution in [2.45, 2.75) is 22.8 Å². The lowest BCUT2D eigenvalue weighted by atomic mass is 10.3. The van der Waals surface area contributed by atoms with E-state index in [1.54, 1.807) is 23.1 Å². The molecule has 0 aromatic carbocycles. The van der Waals surface area contributed by atoms with E-state index >= 15 is 0 Å². The van der Waals surface area contributed by atoms with Gasteiger partial charge in [-0.15, -0.1) is 10.2 Å². The van der Waals surface area contributed by atoms with Crippen LogP contribution in [0.15, 0.2) is 27.7 Å². The number of hydrogen-bond acceptors (Lipinski definition) is 7. The van der Waals surface area contributed by atoms with Gasteiger partial charge in [0.2, 0.25) is 5.13 Å². The number of pyridine rings is 1. The third-order valence-electron chi connectivity index (χ3n) is 2.38. The van der Waals surface area contributed by atoms with Crippen LogP contribution in [0.5, 0.6) is 0 Å². The maximum atomic E-state index is 4.43. The summed E-state index contributed by atoms with van der Waals surface area (Å²) in [6.07, 6.45) is 1.81. The predicted octanol–water partition coefficient (Wildman–Crippen LogP) is 2.26. The van der Waals surface area contributed by atoms with E-state index in [1.165, 1.54) is 5.56 Å². The first-order chi connectivity index (χ1) is 9.20. The lowest BCUT2D eigenvalue weighted by Gasteiger charge is -2.06. The molecule has 0 saturated carbocycles. The Morgan fingerprint density at radius 3 is 2.89 bits per heavy atom. The largest absolute Gasteiger partial charge is 0.353 e. The summed E-state index contributed by atoms with van der Waals surface area (Å²) in [7, 11) is 3.93. The summed E-state index contributed by atoms with van der Waals surface area (Å²) in [6.45, 7) is 3.87. The molecule has 1 N–H and O–H groups in total. The van der Waals surface area contributed by atoms with Crippen LogP contribution in [0, 0.1) is 0 Å². The lowest BCUT2D eigenvalue weighted by molar-refractivity contribution is 0.711. The van der Waals surface area contributed by atoms with Gasteiger partial charge < -0.3 is 10.2 Å². The van der Waals surface area contributed by atoms with E-state index in [9.17, 15) is 0 Å². The van der Waals surface area contributed by atoms with Crippen molar-refractivity contribution >= 4 is 28.2 Å². The van der Waals surface area contributed by atoms with Crippen LogP contribution in [0.1, 0.15) is 12.5 Å². The number of aromatic nitrogens is 3. The average Bonchev–Trinajstić information content (AvgIpc) is 2.86. The second-order valence-corrected chi connectivity index (χ2v) is 6.29. The standard InChI is InChI=1S/C12H17N5S2/c1-4-13-8-9-6-5-7-14-10(9)18-12-16-15-11(19-12)17(2)3/h5-7,13H,4,8H2,1-3H3. The smallest absolute Gasteiger partial charge is 0.208 e. The van der Waals surface area contributed by atoms with Crippen molar-refractivity contribution in [3.63, 3.8) is 0 Å². The number of anilines is 1. The van der Waals surface area contributed by atoms with Crippen LogP contribution >= 0.6 is 23.1 Å². The average molecular weight is 295 g/mol. The van der Waals surface area contributed by atoms with Crippen molar-refractivity contribution in [1.82, 2.24) is 20.5 Å². The van der Waals surface area contributed by atoms with Gasteiger partial charge in [-0.05, 0) is 29.9 Å². The molecule has 0 spiro atoms. The van der Waals surface area contributed by atoms with Crippen LogP contribution in [0.25, 0.3) is 0 Å². The Hall–Kier alpha value is -1.18. The van der Waals surface area contributed by atoms with Crippen LogP contribution in [0.3, 0.4) is 0 Å². The van der Waals surface area contributed by atoms with E-state index in [4.69, 9.17) is 0 Å². The molecule has 5 nitrogen and oxygen atoms in total. The Bertz CT molecular complexity index is 526. The zero-order valence-electron chi connectivity index (χ0n) is 11.3. The van der Waals surface area contributed by atoms with Gasteiger partial charge in [0.15, 0.2) is 4.34 Å². The maximum Gasteiger partial charge on any atom is 0.208 e. The Kier molecular flexibility index (Phi) is 5.12. The van der Waals surface area contributed by atoms with Crippen molar-refractivity contribution in [1.29, 1.82) is 0 Å². The highest BCUT2D eigenvalue weighted by Gasteiger charge is 2.10. The SMILES string of the molecule is CCNCc1cccnc1Sc1nnc(N(C)C)s1. The molecule has 19 heavy (non-hydrogen) atoms. The summed E-state index contributed by atoms with van der Waals surface area (Å²) in [4.78, 5) is 6.39. The molecule has 2 aromatic heterocycles. The summed E-state index contributed by atoms with van der Waals surface area (Å²) in [5.41, 5.74) is 1.19. The van der Waals surface area contributed by atoms with Crippen molar-refractivity contribution < 1.29 is 0 Å². The van der Waals surface area contributed by atoms with Gasteiger partial charge in [-0.3, -0.25) is 0 Å². The molecule has 0 fully saturated rings. The summed E-state index contributed by atoms with van der Waals surface area (Å²) in [6, 6.07) is 4.05. The minimum Gasteiger partial charge on any atom is -0.353 e. The highest BCUT2D eigenvalue weighted by molar-refractivity contribution is 8.01. The van der Waals surface area contributed by atoms with Gasteiger partial charge in [0.05, 0.1) is 0 Å². The van der Waals surface area contributed by atoms with Gasteiger partial charge in [-0.25, -0.2) is 4.98 Å². The van der Waals surface area contributed by atoms with Crippen molar-refractivity contribution in [2.75, 3.05) is 25.5 Å². The van der Waals surface area contributed by atoms with Gasteiger partial charge >= 0.3 is 0 Å². The first-order valence-electron chi connectivity index (χ1n) is 6.04. The zero-order chi connectivity index (χ0) is 13.7. The summed E-state index contributed by atoms with van der Waals surface area (Å²) < 4.78 is 0.917. The Morgan fingerprint density at radius 1 is 1.37 bits per heavy atom. The Balaban J connectivity index is 2.13. The van der Waals surface area contributed by atoms with Crippen molar-refractivity contribution in [3.8, 4) is 0 Å². The van der Waals surface area contributed by atoms with Gasteiger partial charge in [-0.2, -0.15) is 0 Å². The first-order valence-corrected chi connectivity index (χ1v) is 7.67. The van der Waals surface area contributed by atoms with E-state index in [2.05, 4.69) is 33.5 Å². The number of hydrogen-bond donors (Lipinski definition) is 1. The number of rotatable bonds is 6. The van der Waals surface area contributed by atoms with Gasteiger partial charge in [0, 0.05) is 26.8 Å². The van der Waals surface area contributed by atoms with Crippen molar-refractivity contribution in [2.24, 2.45) is 0 Å². The van der Waals surface area contributed by atoms with Crippen LogP contribution in [-0.2, 0) is 6.54 Å². The molecule has 0 aliphatic heterocycles. The Labute approximate surface area is 121 Å². The molecule has 7 heteroatoms. The van der Waals surface area contributed by atoms with Gasteiger partial charge in [-0.1, -0.05) is 24.3 Å². The highest BCUT2D eigenvalue weighted by atomic mass is 32.2. The molecule has 0 atom stereocenters. The second kappa shape index (κ2) is 6.83. The third-order valence-corrected chi connectivity index (χ3v) is 4.58. The van der Waals surface area contributed by atoms with Crippen LogP contribution in [0.4, 0.5) is 5.13 Å². The van der Waals surface area contributed by atoms with Crippen LogP contribution in [-0.4, -0.2) is 35.8 Å². The minimum atomic E-state index is 0.825. The molecular formula is C12H17N5S2. The number of nitrogens with one attached hydrogen (secondary N) is 1. The topological polar surface area (TPSA) is 53.9 Å². The van der Waals surface area contributed by atoms with E-state index in [-0.39, 0.29) is 0 Å². The van der Waals surface area contributed by atoms with E-state index in [1.807, 2.05) is 31.3 Å². The fourth-order valence-corrected chi connectivity index (χ4v) is 3.18. The van der Waals surface area contributed by atoms with Crippen molar-refractivity contribution in [3.05, 3.63) is 23.9 Å². The molecule has 2 aromatic rings. The first kappa shape index (κ1) is 14.2. The fraction of sp³-hybridized carbons (Fsp3) is 0.417. The second-order valence-electron chi connectivity index (χ2n) is 4.10. The molecule has 2 heterocycles. The predicted molar refractivity (Wildman–Crippen MR) is 80.0 cm³/mol. The van der Waals surface area contributed by atoms with Crippen LogP contribution in [0.2, 0.25) is 0 Å². The fourth-order valence-electron chi connectivity index (χ4n) is 1.42. The highest BCUT2D eigenvalue weighted by Crippen LogP contribution is 2.33. The summed E-state index contributed by atoms with van der Waals surface area (Å²) in [5, 5.41) is 13.5. The minimum absolute atomic E-state index is 0.825. The van der Waals surface area contributed by atoms with Gasteiger partial charge in [0.25, 0.3) is 0 Å². The summed E-state index contributed by atoms with van der Waals surface area (Å²) >= 11 is 3.14. The molecule has 0 radical (unpaired) electrons. The monoisotopic (exact) mass is 295 g/mol.